The molecule has 0 radical (unpaired) electrons. The van der Waals surface area contributed by atoms with Crippen LogP contribution in [0, 0.1) is 6.92 Å². The third kappa shape index (κ3) is 1.21. The largest absolute Gasteiger partial charge is 0.288 e. The molecule has 0 atom stereocenters. The van der Waals surface area contributed by atoms with Crippen LogP contribution in [-0.4, -0.2) is 21.3 Å². The van der Waals surface area contributed by atoms with E-state index in [1.54, 1.807) is 25.4 Å². The molecule has 1 heterocycles. The zero-order valence-corrected chi connectivity index (χ0v) is 9.52. The van der Waals surface area contributed by atoms with Gasteiger partial charge in [0.15, 0.2) is 5.78 Å². The number of aryl methyl sites for hydroxylation is 2. The lowest BCUT2D eigenvalue weighted by Gasteiger charge is -2.14. The number of rotatable bonds is 0. The fraction of sp³-hybridized carbons (Fsp3) is 0.154. The van der Waals surface area contributed by atoms with Crippen LogP contribution in [0.25, 0.3) is 0 Å². The Morgan fingerprint density at radius 2 is 1.88 bits per heavy atom. The second-order valence-corrected chi connectivity index (χ2v) is 4.22. The van der Waals surface area contributed by atoms with E-state index in [2.05, 4.69) is 5.10 Å². The summed E-state index contributed by atoms with van der Waals surface area (Å²) in [6.07, 6.45) is 1.60. The molecule has 1 aliphatic rings. The van der Waals surface area contributed by atoms with E-state index in [0.717, 1.165) is 5.56 Å². The molecule has 84 valence electrons. The Bertz CT molecular complexity index is 668. The average molecular weight is 226 g/mol. The van der Waals surface area contributed by atoms with E-state index in [-0.39, 0.29) is 17.3 Å². The van der Waals surface area contributed by atoms with E-state index < -0.39 is 0 Å². The number of hydrogen-bond donors (Lipinski definition) is 0. The number of nitrogens with zero attached hydrogens (tertiary/aromatic N) is 2. The van der Waals surface area contributed by atoms with E-state index >= 15 is 0 Å². The van der Waals surface area contributed by atoms with Gasteiger partial charge in [0, 0.05) is 24.4 Å². The Labute approximate surface area is 97.9 Å². The molecule has 17 heavy (non-hydrogen) atoms. The molecule has 0 N–H and O–H groups in total. The molecule has 0 aliphatic heterocycles. The molecule has 4 nitrogen and oxygen atoms in total. The first-order valence-corrected chi connectivity index (χ1v) is 5.32. The Balaban J connectivity index is 2.36. The SMILES string of the molecule is Cc1cccc2c1C(=O)c1cn(C)nc1C2=O. The highest BCUT2D eigenvalue weighted by atomic mass is 16.1. The number of carbonyl (C=O) groups excluding carboxylic acids is 2. The predicted molar refractivity (Wildman–Crippen MR) is 61.3 cm³/mol. The van der Waals surface area contributed by atoms with Crippen molar-refractivity contribution in [3.8, 4) is 0 Å². The lowest BCUT2D eigenvalue weighted by molar-refractivity contribution is 0.0976. The molecule has 1 aromatic carbocycles. The Hall–Kier alpha value is -2.23. The molecule has 1 aliphatic carbocycles. The topological polar surface area (TPSA) is 52.0 Å². The van der Waals surface area contributed by atoms with Crippen LogP contribution < -0.4 is 0 Å². The summed E-state index contributed by atoms with van der Waals surface area (Å²) in [5.41, 5.74) is 2.46. The molecule has 4 heteroatoms. The first-order chi connectivity index (χ1) is 8.09. The normalized spacial score (nSPS) is 13.5. The van der Waals surface area contributed by atoms with Crippen molar-refractivity contribution in [1.82, 2.24) is 9.78 Å². The smallest absolute Gasteiger partial charge is 0.214 e. The maximum atomic E-state index is 12.3. The van der Waals surface area contributed by atoms with Crippen molar-refractivity contribution in [2.24, 2.45) is 7.05 Å². The van der Waals surface area contributed by atoms with Gasteiger partial charge >= 0.3 is 0 Å². The summed E-state index contributed by atoms with van der Waals surface area (Å²) in [7, 11) is 1.70. The number of benzene rings is 1. The lowest BCUT2D eigenvalue weighted by atomic mass is 9.86. The molecule has 1 aromatic heterocycles. The number of fused-ring (bicyclic) bond motifs is 2. The van der Waals surface area contributed by atoms with E-state index in [4.69, 9.17) is 0 Å². The van der Waals surface area contributed by atoms with Crippen LogP contribution in [0.4, 0.5) is 0 Å². The Morgan fingerprint density at radius 1 is 1.12 bits per heavy atom. The van der Waals surface area contributed by atoms with Gasteiger partial charge in [0.05, 0.1) is 5.56 Å². The maximum absolute atomic E-state index is 12.3. The number of aromatic nitrogens is 2. The van der Waals surface area contributed by atoms with Crippen molar-refractivity contribution in [2.75, 3.05) is 0 Å². The summed E-state index contributed by atoms with van der Waals surface area (Å²) < 4.78 is 1.50. The lowest BCUT2D eigenvalue weighted by Crippen LogP contribution is -2.21. The van der Waals surface area contributed by atoms with Gasteiger partial charge in [-0.3, -0.25) is 14.3 Å². The van der Waals surface area contributed by atoms with Crippen molar-refractivity contribution in [3.63, 3.8) is 0 Å². The molecule has 0 saturated carbocycles. The minimum absolute atomic E-state index is 0.110. The van der Waals surface area contributed by atoms with Gasteiger partial charge in [-0.15, -0.1) is 0 Å². The standard InChI is InChI=1S/C13H10N2O2/c1-7-4-3-5-8-10(7)12(16)9-6-15(2)14-11(9)13(8)17/h3-6H,1-2H3. The van der Waals surface area contributed by atoms with Gasteiger partial charge in [0.1, 0.15) is 5.69 Å². The molecular formula is C13H10N2O2. The van der Waals surface area contributed by atoms with Crippen molar-refractivity contribution in [2.45, 2.75) is 6.92 Å². The van der Waals surface area contributed by atoms with Gasteiger partial charge < -0.3 is 0 Å². The van der Waals surface area contributed by atoms with Gasteiger partial charge in [0.2, 0.25) is 5.78 Å². The highest BCUT2D eigenvalue weighted by Gasteiger charge is 2.33. The first-order valence-electron chi connectivity index (χ1n) is 5.32. The zero-order chi connectivity index (χ0) is 12.2. The average Bonchev–Trinajstić information content (AvgIpc) is 2.68. The van der Waals surface area contributed by atoms with Gasteiger partial charge in [-0.05, 0) is 12.5 Å². The second-order valence-electron chi connectivity index (χ2n) is 4.22. The molecular weight excluding hydrogens is 216 g/mol. The van der Waals surface area contributed by atoms with Gasteiger partial charge in [-0.1, -0.05) is 18.2 Å². The molecule has 0 fully saturated rings. The molecule has 2 aromatic rings. The molecule has 0 amide bonds. The van der Waals surface area contributed by atoms with Crippen LogP contribution in [0.1, 0.15) is 37.5 Å². The Kier molecular flexibility index (Phi) is 1.84. The number of hydrogen-bond acceptors (Lipinski definition) is 3. The fourth-order valence-electron chi connectivity index (χ4n) is 2.24. The third-order valence-corrected chi connectivity index (χ3v) is 3.03. The minimum Gasteiger partial charge on any atom is -0.288 e. The quantitative estimate of drug-likeness (QED) is 0.583. The molecule has 0 saturated heterocycles. The van der Waals surface area contributed by atoms with E-state index in [1.165, 1.54) is 4.68 Å². The van der Waals surface area contributed by atoms with Crippen LogP contribution >= 0.6 is 0 Å². The predicted octanol–water partition coefficient (Wildman–Crippen LogP) is 1.50. The van der Waals surface area contributed by atoms with Crippen LogP contribution in [0.3, 0.4) is 0 Å². The van der Waals surface area contributed by atoms with Crippen molar-refractivity contribution >= 4 is 11.6 Å². The summed E-state index contributed by atoms with van der Waals surface area (Å²) in [6, 6.07) is 5.30. The summed E-state index contributed by atoms with van der Waals surface area (Å²) in [5.74, 6) is -0.278. The highest BCUT2D eigenvalue weighted by Crippen LogP contribution is 2.28. The van der Waals surface area contributed by atoms with E-state index in [1.807, 2.05) is 13.0 Å². The fourth-order valence-corrected chi connectivity index (χ4v) is 2.24. The van der Waals surface area contributed by atoms with Crippen LogP contribution in [0.5, 0.6) is 0 Å². The van der Waals surface area contributed by atoms with E-state index in [9.17, 15) is 9.59 Å². The summed E-state index contributed by atoms with van der Waals surface area (Å²) >= 11 is 0. The minimum atomic E-state index is -0.168. The van der Waals surface area contributed by atoms with E-state index in [0.29, 0.717) is 16.7 Å². The van der Waals surface area contributed by atoms with Gasteiger partial charge in [-0.2, -0.15) is 5.10 Å². The maximum Gasteiger partial charge on any atom is 0.214 e. The molecule has 0 unspecified atom stereocenters. The highest BCUT2D eigenvalue weighted by molar-refractivity contribution is 6.28. The van der Waals surface area contributed by atoms with Crippen molar-refractivity contribution in [3.05, 3.63) is 52.3 Å². The van der Waals surface area contributed by atoms with Crippen molar-refractivity contribution < 1.29 is 9.59 Å². The van der Waals surface area contributed by atoms with Crippen LogP contribution in [0.15, 0.2) is 24.4 Å². The third-order valence-electron chi connectivity index (χ3n) is 3.03. The first kappa shape index (κ1) is 9.96. The summed E-state index contributed by atoms with van der Waals surface area (Å²) in [6.45, 7) is 1.84. The van der Waals surface area contributed by atoms with Crippen molar-refractivity contribution in [1.29, 1.82) is 0 Å². The van der Waals surface area contributed by atoms with Gasteiger partial charge in [-0.25, -0.2) is 0 Å². The second kappa shape index (κ2) is 3.13. The molecule has 3 rings (SSSR count). The van der Waals surface area contributed by atoms with Crippen LogP contribution in [-0.2, 0) is 7.05 Å². The summed E-state index contributed by atoms with van der Waals surface area (Å²) in [4.78, 5) is 24.5. The monoisotopic (exact) mass is 226 g/mol. The number of carbonyl (C=O) groups is 2. The molecule has 0 spiro atoms. The number of ketones is 2. The zero-order valence-electron chi connectivity index (χ0n) is 9.52. The Morgan fingerprint density at radius 3 is 2.65 bits per heavy atom. The van der Waals surface area contributed by atoms with Crippen LogP contribution in [0.2, 0.25) is 0 Å². The summed E-state index contributed by atoms with van der Waals surface area (Å²) in [5, 5.41) is 4.06. The van der Waals surface area contributed by atoms with Gasteiger partial charge in [0.25, 0.3) is 0 Å². The molecule has 0 bridgehead atoms.